The molecule has 18 heteroatoms. The van der Waals surface area contributed by atoms with E-state index in [1.54, 1.807) is 24.1 Å². The molecule has 1 aliphatic rings. The molecule has 3 aromatic rings. The van der Waals surface area contributed by atoms with Crippen molar-refractivity contribution in [1.82, 2.24) is 19.7 Å². The van der Waals surface area contributed by atoms with Crippen LogP contribution < -0.4 is 5.32 Å². The minimum Gasteiger partial charge on any atom is -0.481 e. The van der Waals surface area contributed by atoms with Gasteiger partial charge < -0.3 is 25.0 Å². The summed E-state index contributed by atoms with van der Waals surface area (Å²) in [6.07, 6.45) is 5.59. The summed E-state index contributed by atoms with van der Waals surface area (Å²) >= 11 is 1.02. The van der Waals surface area contributed by atoms with Crippen molar-refractivity contribution in [3.05, 3.63) is 95.8 Å². The standard InChI is InChI=1S/C55H70F2N4O11S/c1-35(2)43(30-41(62)17-11-8-13-25-60-48(65)22-23-49(60)66)53(70)58-36(3)47(64)18-12-14-26-61(50(67)34-73-33-39(54(71)72)27-42(63)20-24-51(68)69)52(55(4,5)6)46-28-38(44-29-40(56)19-21-45(44)57)32-59(46)31-37-15-9-7-10-16-37/h7,9-10,15-16,19,21-23,28-29,32,35-36,39,43,52H,8,11-14,17-18,20,24-27,30-31,33-34H2,1-6H3,(H,58,70)(H,68,69)(H,71,72)/t36-,39-,43-,52-/m0/s1. The fourth-order valence-corrected chi connectivity index (χ4v) is 9.82. The fraction of sp³-hybridized carbons (Fsp3) is 0.509. The Hall–Kier alpha value is -6.30. The molecule has 0 bridgehead atoms. The topological polar surface area (TPSA) is 218 Å². The highest BCUT2D eigenvalue weighted by Crippen LogP contribution is 2.42. The number of carboxylic acid groups (broad SMARTS) is 2. The van der Waals surface area contributed by atoms with Gasteiger partial charge in [0.1, 0.15) is 23.2 Å². The fourth-order valence-electron chi connectivity index (χ4n) is 8.82. The second-order valence-corrected chi connectivity index (χ2v) is 21.2. The lowest BCUT2D eigenvalue weighted by molar-refractivity contribution is -0.143. The van der Waals surface area contributed by atoms with E-state index in [0.717, 1.165) is 40.4 Å². The molecule has 4 rings (SSSR count). The van der Waals surface area contributed by atoms with Crippen LogP contribution in [0, 0.1) is 34.8 Å². The van der Waals surface area contributed by atoms with Crippen LogP contribution in [-0.4, -0.2) is 108 Å². The number of nitrogens with one attached hydrogen (secondary N) is 1. The van der Waals surface area contributed by atoms with E-state index in [9.17, 15) is 52.6 Å². The van der Waals surface area contributed by atoms with Crippen molar-refractivity contribution in [2.75, 3.05) is 24.6 Å². The third-order valence-corrected chi connectivity index (χ3v) is 13.9. The molecule has 4 atom stereocenters. The summed E-state index contributed by atoms with van der Waals surface area (Å²) in [6.45, 7) is 11.7. The van der Waals surface area contributed by atoms with Gasteiger partial charge >= 0.3 is 11.9 Å². The number of aromatic nitrogens is 1. The minimum atomic E-state index is -1.26. The van der Waals surface area contributed by atoms with Crippen molar-refractivity contribution in [2.45, 2.75) is 131 Å². The van der Waals surface area contributed by atoms with Crippen LogP contribution in [0.1, 0.15) is 129 Å². The van der Waals surface area contributed by atoms with Crippen LogP contribution in [0.15, 0.2) is 72.9 Å². The third-order valence-electron chi connectivity index (χ3n) is 12.8. The summed E-state index contributed by atoms with van der Waals surface area (Å²) in [4.78, 5) is 117. The number of benzene rings is 2. The molecule has 396 valence electrons. The first-order valence-corrected chi connectivity index (χ1v) is 26.0. The number of nitrogens with zero attached hydrogens (tertiary/aromatic N) is 3. The quantitative estimate of drug-likeness (QED) is 0.0396. The predicted molar refractivity (Wildman–Crippen MR) is 273 cm³/mol. The maximum atomic E-state index is 15.4. The first-order valence-electron chi connectivity index (χ1n) is 24.9. The lowest BCUT2D eigenvalue weighted by atomic mass is 9.82. The van der Waals surface area contributed by atoms with E-state index >= 15 is 4.39 Å². The van der Waals surface area contributed by atoms with Crippen LogP contribution in [0.3, 0.4) is 0 Å². The number of hydrogen-bond acceptors (Lipinski definition) is 10. The number of carbonyl (C=O) groups is 9. The van der Waals surface area contributed by atoms with Gasteiger partial charge in [-0.15, -0.1) is 0 Å². The summed E-state index contributed by atoms with van der Waals surface area (Å²) in [5.41, 5.74) is 1.20. The second-order valence-electron chi connectivity index (χ2n) is 20.2. The third kappa shape index (κ3) is 18.6. The molecule has 0 saturated heterocycles. The average Bonchev–Trinajstić information content (AvgIpc) is 3.88. The smallest absolute Gasteiger partial charge is 0.307 e. The number of carbonyl (C=O) groups excluding carboxylic acids is 7. The van der Waals surface area contributed by atoms with E-state index in [1.807, 2.05) is 69.5 Å². The zero-order valence-corrected chi connectivity index (χ0v) is 43.5. The van der Waals surface area contributed by atoms with Gasteiger partial charge in [0.05, 0.1) is 30.2 Å². The second kappa shape index (κ2) is 28.2. The van der Waals surface area contributed by atoms with Gasteiger partial charge in [0.2, 0.25) is 11.8 Å². The molecule has 3 N–H and O–H groups in total. The maximum absolute atomic E-state index is 15.4. The molecule has 73 heavy (non-hydrogen) atoms. The van der Waals surface area contributed by atoms with E-state index in [0.29, 0.717) is 49.9 Å². The van der Waals surface area contributed by atoms with Crippen LogP contribution >= 0.6 is 11.8 Å². The largest absolute Gasteiger partial charge is 0.481 e. The average molecular weight is 1030 g/mol. The Labute approximate surface area is 430 Å². The first-order chi connectivity index (χ1) is 34.5. The highest BCUT2D eigenvalue weighted by molar-refractivity contribution is 7.99. The number of amides is 4. The number of carboxylic acids is 2. The monoisotopic (exact) mass is 1030 g/mol. The van der Waals surface area contributed by atoms with Gasteiger partial charge in [-0.2, -0.15) is 11.8 Å². The van der Waals surface area contributed by atoms with Crippen molar-refractivity contribution in [2.24, 2.45) is 23.2 Å². The summed E-state index contributed by atoms with van der Waals surface area (Å²) in [5, 5.41) is 21.7. The molecule has 2 aromatic carbocycles. The summed E-state index contributed by atoms with van der Waals surface area (Å²) in [6, 6.07) is 12.8. The molecule has 1 aliphatic heterocycles. The highest BCUT2D eigenvalue weighted by Gasteiger charge is 2.38. The molecule has 15 nitrogen and oxygen atoms in total. The molecule has 0 spiro atoms. The Balaban J connectivity index is 1.50. The van der Waals surface area contributed by atoms with Crippen molar-refractivity contribution in [1.29, 1.82) is 0 Å². The molecular formula is C55H70F2N4O11S. The van der Waals surface area contributed by atoms with E-state index in [-0.39, 0.29) is 91.0 Å². The molecule has 0 aliphatic carbocycles. The number of unbranched alkanes of at least 4 members (excludes halogenated alkanes) is 3. The molecular weight excluding hydrogens is 963 g/mol. The lowest BCUT2D eigenvalue weighted by Crippen LogP contribution is -2.44. The van der Waals surface area contributed by atoms with Crippen molar-refractivity contribution >= 4 is 64.7 Å². The number of imide groups is 1. The summed E-state index contributed by atoms with van der Waals surface area (Å²) in [7, 11) is 0. The number of rotatable bonds is 32. The van der Waals surface area contributed by atoms with Gasteiger partial charge in [0, 0.05) is 98.6 Å². The van der Waals surface area contributed by atoms with E-state index < -0.39 is 77.4 Å². The van der Waals surface area contributed by atoms with Gasteiger partial charge in [-0.25, -0.2) is 8.78 Å². The van der Waals surface area contributed by atoms with E-state index in [1.165, 1.54) is 12.2 Å². The SMILES string of the molecule is CC(C)[C@H](CC(=O)CCCCCN1C(=O)C=CC1=O)C(=O)N[C@@H](C)C(=O)CCCCN(C(=O)CSC[C@H](CC(=O)CCC(=O)O)C(=O)O)[C@@H](c1cc(-c2cc(F)ccc2F)cn1Cc1ccccc1)C(C)(C)C. The van der Waals surface area contributed by atoms with Crippen molar-refractivity contribution in [3.8, 4) is 11.1 Å². The number of thioether (sulfide) groups is 1. The van der Waals surface area contributed by atoms with Crippen molar-refractivity contribution < 1.29 is 62.1 Å². The number of hydrogen-bond donors (Lipinski definition) is 3. The first kappa shape index (κ1) is 59.3. The summed E-state index contributed by atoms with van der Waals surface area (Å²) in [5.74, 6) is -8.51. The zero-order chi connectivity index (χ0) is 54.0. The highest BCUT2D eigenvalue weighted by atomic mass is 32.2. The number of aliphatic carboxylic acids is 2. The normalized spacial score (nSPS) is 14.2. The Morgan fingerprint density at radius 3 is 2.07 bits per heavy atom. The Morgan fingerprint density at radius 2 is 1.44 bits per heavy atom. The Morgan fingerprint density at radius 1 is 0.781 bits per heavy atom. The van der Waals surface area contributed by atoms with Gasteiger partial charge in [-0.05, 0) is 73.8 Å². The van der Waals surface area contributed by atoms with E-state index in [4.69, 9.17) is 5.11 Å². The van der Waals surface area contributed by atoms with Gasteiger partial charge in [0.15, 0.2) is 5.78 Å². The van der Waals surface area contributed by atoms with Crippen LogP contribution in [-0.2, 0) is 49.7 Å². The van der Waals surface area contributed by atoms with Gasteiger partial charge in [-0.3, -0.25) is 48.1 Å². The van der Waals surface area contributed by atoms with Crippen LogP contribution in [0.4, 0.5) is 8.78 Å². The molecule has 0 fully saturated rings. The van der Waals surface area contributed by atoms with Crippen LogP contribution in [0.2, 0.25) is 0 Å². The molecule has 1 aromatic heterocycles. The molecule has 4 amide bonds. The molecule has 0 radical (unpaired) electrons. The Bertz CT molecular complexity index is 2470. The maximum Gasteiger partial charge on any atom is 0.307 e. The lowest BCUT2D eigenvalue weighted by Gasteiger charge is -2.41. The van der Waals surface area contributed by atoms with Gasteiger partial charge in [0.25, 0.3) is 11.8 Å². The predicted octanol–water partition coefficient (Wildman–Crippen LogP) is 8.62. The molecule has 0 unspecified atom stereocenters. The number of Topliss-reactive ketones (excluding diaryl/α,β-unsaturated/α-hetero) is 3. The molecule has 2 heterocycles. The Kier molecular flexibility index (Phi) is 22.9. The minimum absolute atomic E-state index is 0.0101. The summed E-state index contributed by atoms with van der Waals surface area (Å²) < 4.78 is 31.9. The van der Waals surface area contributed by atoms with Crippen LogP contribution in [0.25, 0.3) is 11.1 Å². The van der Waals surface area contributed by atoms with E-state index in [2.05, 4.69) is 5.32 Å². The van der Waals surface area contributed by atoms with Crippen LogP contribution in [0.5, 0.6) is 0 Å². The van der Waals surface area contributed by atoms with Crippen molar-refractivity contribution in [3.63, 3.8) is 0 Å². The molecule has 0 saturated carbocycles. The van der Waals surface area contributed by atoms with Gasteiger partial charge in [-0.1, -0.05) is 71.4 Å². The zero-order valence-electron chi connectivity index (χ0n) is 42.7. The number of ketones is 3. The number of halogens is 2.